The van der Waals surface area contributed by atoms with Crippen molar-refractivity contribution in [1.82, 2.24) is 19.7 Å². The maximum absolute atomic E-state index is 4.16. The number of likely N-dealkylation sites (tertiary alicyclic amines) is 1. The van der Waals surface area contributed by atoms with Gasteiger partial charge in [-0.2, -0.15) is 5.10 Å². The van der Waals surface area contributed by atoms with Crippen LogP contribution >= 0.6 is 0 Å². The summed E-state index contributed by atoms with van der Waals surface area (Å²) >= 11 is 0. The molecule has 2 aromatic carbocycles. The molecule has 1 N–H and O–H groups in total. The van der Waals surface area contributed by atoms with Gasteiger partial charge >= 0.3 is 0 Å². The molecule has 1 saturated heterocycles. The van der Waals surface area contributed by atoms with E-state index in [0.29, 0.717) is 0 Å². The summed E-state index contributed by atoms with van der Waals surface area (Å²) in [5, 5.41) is 7.75. The number of para-hydroxylation sites is 1. The fourth-order valence-corrected chi connectivity index (χ4v) is 3.32. The van der Waals surface area contributed by atoms with Gasteiger partial charge in [-0.3, -0.25) is 4.90 Å². The number of aromatic nitrogens is 3. The van der Waals surface area contributed by atoms with E-state index >= 15 is 0 Å². The van der Waals surface area contributed by atoms with Gasteiger partial charge < -0.3 is 5.32 Å². The first-order valence-corrected chi connectivity index (χ1v) is 8.86. The lowest BCUT2D eigenvalue weighted by Gasteiger charge is -2.18. The molecule has 0 radical (unpaired) electrons. The Morgan fingerprint density at radius 2 is 1.76 bits per heavy atom. The predicted molar refractivity (Wildman–Crippen MR) is 99.6 cm³/mol. The lowest BCUT2D eigenvalue weighted by atomic mass is 10.1. The van der Waals surface area contributed by atoms with E-state index in [0.717, 1.165) is 18.8 Å². The third kappa shape index (κ3) is 3.88. The molecule has 1 aromatic heterocycles. The Morgan fingerprint density at radius 3 is 2.52 bits per heavy atom. The number of nitrogens with one attached hydrogen (secondary N) is 1. The molecular formula is C20H23N5. The van der Waals surface area contributed by atoms with Gasteiger partial charge in [0, 0.05) is 18.8 Å². The molecule has 5 nitrogen and oxygen atoms in total. The molecule has 0 amide bonds. The highest BCUT2D eigenvalue weighted by atomic mass is 15.3. The maximum atomic E-state index is 4.16. The maximum Gasteiger partial charge on any atom is 0.138 e. The van der Waals surface area contributed by atoms with Crippen molar-refractivity contribution in [3.05, 3.63) is 72.3 Å². The van der Waals surface area contributed by atoms with Crippen molar-refractivity contribution in [3.8, 4) is 5.69 Å². The summed E-state index contributed by atoms with van der Waals surface area (Å²) in [6, 6.07) is 17.0. The quantitative estimate of drug-likeness (QED) is 0.750. The largest absolute Gasteiger partial charge is 0.381 e. The molecule has 128 valence electrons. The van der Waals surface area contributed by atoms with Gasteiger partial charge in [-0.15, -0.1) is 0 Å². The van der Waals surface area contributed by atoms with Crippen molar-refractivity contribution < 1.29 is 0 Å². The average molecular weight is 333 g/mol. The van der Waals surface area contributed by atoms with Crippen molar-refractivity contribution in [2.75, 3.05) is 18.4 Å². The number of anilines is 1. The Kier molecular flexibility index (Phi) is 4.74. The van der Waals surface area contributed by atoms with Gasteiger partial charge in [0.1, 0.15) is 12.7 Å². The van der Waals surface area contributed by atoms with Gasteiger partial charge in [0.05, 0.1) is 5.69 Å². The second-order valence-corrected chi connectivity index (χ2v) is 6.50. The van der Waals surface area contributed by atoms with Gasteiger partial charge in [-0.1, -0.05) is 30.3 Å². The van der Waals surface area contributed by atoms with Crippen LogP contribution in [-0.2, 0) is 13.1 Å². The Balaban J connectivity index is 1.41. The summed E-state index contributed by atoms with van der Waals surface area (Å²) in [7, 11) is 0. The van der Waals surface area contributed by atoms with Crippen LogP contribution in [0.5, 0.6) is 0 Å². The van der Waals surface area contributed by atoms with Crippen molar-refractivity contribution in [1.29, 1.82) is 0 Å². The molecule has 4 rings (SSSR count). The van der Waals surface area contributed by atoms with Crippen LogP contribution < -0.4 is 5.32 Å². The third-order valence-corrected chi connectivity index (χ3v) is 4.71. The standard InChI is InChI=1S/C20H23N5/c1-2-6-20(18(5-1)14-24-11-3-4-12-24)22-13-17-7-9-19(10-8-17)25-16-21-15-23-25/h1-2,5-10,15-16,22H,3-4,11-14H2. The molecule has 0 saturated carbocycles. The summed E-state index contributed by atoms with van der Waals surface area (Å²) < 4.78 is 1.77. The minimum absolute atomic E-state index is 0.814. The van der Waals surface area contributed by atoms with Crippen LogP contribution in [0.4, 0.5) is 5.69 Å². The highest BCUT2D eigenvalue weighted by Gasteiger charge is 2.13. The van der Waals surface area contributed by atoms with Gasteiger partial charge in [0.25, 0.3) is 0 Å². The lowest BCUT2D eigenvalue weighted by Crippen LogP contribution is -2.19. The molecule has 0 aliphatic carbocycles. The van der Waals surface area contributed by atoms with E-state index < -0.39 is 0 Å². The summed E-state index contributed by atoms with van der Waals surface area (Å²) in [5.41, 5.74) is 4.88. The number of nitrogens with zero attached hydrogens (tertiary/aromatic N) is 4. The Labute approximate surface area is 148 Å². The molecule has 25 heavy (non-hydrogen) atoms. The van der Waals surface area contributed by atoms with Crippen LogP contribution in [0.15, 0.2) is 61.2 Å². The molecule has 5 heteroatoms. The number of rotatable bonds is 6. The molecule has 0 spiro atoms. The van der Waals surface area contributed by atoms with Gasteiger partial charge in [-0.25, -0.2) is 9.67 Å². The van der Waals surface area contributed by atoms with Crippen molar-refractivity contribution >= 4 is 5.69 Å². The van der Waals surface area contributed by atoms with Crippen LogP contribution in [0.25, 0.3) is 5.69 Å². The molecule has 1 fully saturated rings. The zero-order valence-corrected chi connectivity index (χ0v) is 14.3. The topological polar surface area (TPSA) is 46.0 Å². The molecule has 0 atom stereocenters. The Hall–Kier alpha value is -2.66. The van der Waals surface area contributed by atoms with Crippen LogP contribution in [-0.4, -0.2) is 32.8 Å². The smallest absolute Gasteiger partial charge is 0.138 e. The lowest BCUT2D eigenvalue weighted by molar-refractivity contribution is 0.332. The van der Waals surface area contributed by atoms with Crippen molar-refractivity contribution in [2.45, 2.75) is 25.9 Å². The van der Waals surface area contributed by atoms with E-state index in [1.54, 1.807) is 17.3 Å². The van der Waals surface area contributed by atoms with E-state index in [1.165, 1.54) is 42.7 Å². The molecule has 0 unspecified atom stereocenters. The van der Waals surface area contributed by atoms with Crippen LogP contribution in [0, 0.1) is 0 Å². The third-order valence-electron chi connectivity index (χ3n) is 4.71. The first-order valence-electron chi connectivity index (χ1n) is 8.86. The van der Waals surface area contributed by atoms with E-state index in [4.69, 9.17) is 0 Å². The first-order chi connectivity index (χ1) is 12.4. The second kappa shape index (κ2) is 7.49. The van der Waals surface area contributed by atoms with E-state index in [1.807, 2.05) is 0 Å². The number of hydrogen-bond donors (Lipinski definition) is 1. The zero-order chi connectivity index (χ0) is 16.9. The average Bonchev–Trinajstić information content (AvgIpc) is 3.35. The Morgan fingerprint density at radius 1 is 0.960 bits per heavy atom. The number of benzene rings is 2. The highest BCUT2D eigenvalue weighted by molar-refractivity contribution is 5.51. The van der Waals surface area contributed by atoms with E-state index in [-0.39, 0.29) is 0 Å². The molecule has 1 aliphatic heterocycles. The summed E-state index contributed by atoms with van der Waals surface area (Å²) in [4.78, 5) is 6.52. The fraction of sp³-hybridized carbons (Fsp3) is 0.300. The number of hydrogen-bond acceptors (Lipinski definition) is 4. The predicted octanol–water partition coefficient (Wildman–Crippen LogP) is 3.48. The second-order valence-electron chi connectivity index (χ2n) is 6.50. The van der Waals surface area contributed by atoms with Crippen molar-refractivity contribution in [3.63, 3.8) is 0 Å². The van der Waals surface area contributed by atoms with E-state index in [2.05, 4.69) is 68.8 Å². The summed E-state index contributed by atoms with van der Waals surface area (Å²) in [6.45, 7) is 4.29. The molecular weight excluding hydrogens is 310 g/mol. The van der Waals surface area contributed by atoms with Crippen LogP contribution in [0.3, 0.4) is 0 Å². The summed E-state index contributed by atoms with van der Waals surface area (Å²) in [5.74, 6) is 0. The van der Waals surface area contributed by atoms with E-state index in [9.17, 15) is 0 Å². The molecule has 2 heterocycles. The minimum atomic E-state index is 0.814. The normalized spacial score (nSPS) is 14.7. The van der Waals surface area contributed by atoms with Crippen LogP contribution in [0.2, 0.25) is 0 Å². The molecule has 0 bridgehead atoms. The molecule has 3 aromatic rings. The monoisotopic (exact) mass is 333 g/mol. The minimum Gasteiger partial charge on any atom is -0.381 e. The molecule has 1 aliphatic rings. The summed E-state index contributed by atoms with van der Waals surface area (Å²) in [6.07, 6.45) is 5.91. The van der Waals surface area contributed by atoms with Gasteiger partial charge in [0.15, 0.2) is 0 Å². The van der Waals surface area contributed by atoms with Crippen molar-refractivity contribution in [2.24, 2.45) is 0 Å². The fourth-order valence-electron chi connectivity index (χ4n) is 3.32. The zero-order valence-electron chi connectivity index (χ0n) is 14.3. The SMILES string of the molecule is c1ccc(NCc2ccc(-n3cncn3)cc2)c(CN2CCCC2)c1. The Bertz CT molecular complexity index is 789. The van der Waals surface area contributed by atoms with Gasteiger partial charge in [-0.05, 0) is 55.3 Å². The van der Waals surface area contributed by atoms with Crippen LogP contribution in [0.1, 0.15) is 24.0 Å². The highest BCUT2D eigenvalue weighted by Crippen LogP contribution is 2.21. The first kappa shape index (κ1) is 15.8. The van der Waals surface area contributed by atoms with Gasteiger partial charge in [0.2, 0.25) is 0 Å².